The van der Waals surface area contributed by atoms with Crippen LogP contribution < -0.4 is 10.6 Å². The van der Waals surface area contributed by atoms with Crippen LogP contribution in [0.15, 0.2) is 53.0 Å². The van der Waals surface area contributed by atoms with Gasteiger partial charge in [-0.2, -0.15) is 0 Å². The highest BCUT2D eigenvalue weighted by Crippen LogP contribution is 2.36. The van der Waals surface area contributed by atoms with Crippen molar-refractivity contribution in [2.24, 2.45) is 0 Å². The molecule has 2 N–H and O–H groups in total. The minimum atomic E-state index is -0.638. The highest BCUT2D eigenvalue weighted by atomic mass is 79.9. The first kappa shape index (κ1) is 19.6. The van der Waals surface area contributed by atoms with Gasteiger partial charge < -0.3 is 15.4 Å². The van der Waals surface area contributed by atoms with Crippen molar-refractivity contribution in [2.75, 3.05) is 25.1 Å². The third kappa shape index (κ3) is 4.39. The molecule has 0 saturated carbocycles. The van der Waals surface area contributed by atoms with Gasteiger partial charge in [-0.15, -0.1) is 0 Å². The molecular formula is C21H23BrN2O3. The maximum Gasteiger partial charge on any atom is 0.251 e. The Balaban J connectivity index is 1.86. The number of hydrogen-bond acceptors (Lipinski definition) is 3. The molecule has 27 heavy (non-hydrogen) atoms. The molecule has 6 heteroatoms. The molecule has 0 bridgehead atoms. The lowest BCUT2D eigenvalue weighted by Crippen LogP contribution is -2.44. The van der Waals surface area contributed by atoms with Gasteiger partial charge in [-0.1, -0.05) is 34.1 Å². The molecule has 0 radical (unpaired) electrons. The number of amides is 2. The maximum atomic E-state index is 13.3. The molecule has 2 aromatic carbocycles. The van der Waals surface area contributed by atoms with Crippen LogP contribution in [-0.4, -0.2) is 31.6 Å². The van der Waals surface area contributed by atoms with Gasteiger partial charge in [0.1, 0.15) is 0 Å². The van der Waals surface area contributed by atoms with E-state index in [2.05, 4.69) is 26.6 Å². The van der Waals surface area contributed by atoms with Crippen LogP contribution in [0.25, 0.3) is 0 Å². The van der Waals surface area contributed by atoms with Crippen molar-refractivity contribution in [2.45, 2.75) is 25.2 Å². The fourth-order valence-corrected chi connectivity index (χ4v) is 3.65. The van der Waals surface area contributed by atoms with Crippen molar-refractivity contribution in [3.05, 3.63) is 64.1 Å². The molecule has 2 aromatic rings. The molecule has 1 fully saturated rings. The Morgan fingerprint density at radius 3 is 2.48 bits per heavy atom. The first-order chi connectivity index (χ1) is 13.0. The number of hydrogen-bond donors (Lipinski definition) is 2. The first-order valence-corrected chi connectivity index (χ1v) is 9.88. The predicted molar refractivity (Wildman–Crippen MR) is 109 cm³/mol. The maximum absolute atomic E-state index is 13.3. The van der Waals surface area contributed by atoms with Crippen LogP contribution in [0.3, 0.4) is 0 Å². The number of benzene rings is 2. The van der Waals surface area contributed by atoms with Gasteiger partial charge in [0, 0.05) is 35.5 Å². The van der Waals surface area contributed by atoms with E-state index in [1.54, 1.807) is 24.3 Å². The third-order valence-electron chi connectivity index (χ3n) is 4.90. The number of halogens is 1. The zero-order chi connectivity index (χ0) is 19.3. The summed E-state index contributed by atoms with van der Waals surface area (Å²) in [6, 6.07) is 14.9. The smallest absolute Gasteiger partial charge is 0.251 e. The number of rotatable bonds is 5. The van der Waals surface area contributed by atoms with Crippen molar-refractivity contribution in [1.29, 1.82) is 0 Å². The molecule has 5 nitrogen and oxygen atoms in total. The molecule has 3 rings (SSSR count). The minimum Gasteiger partial charge on any atom is -0.381 e. The Morgan fingerprint density at radius 2 is 1.81 bits per heavy atom. The van der Waals surface area contributed by atoms with E-state index in [-0.39, 0.29) is 11.8 Å². The normalized spacial score (nSPS) is 15.8. The van der Waals surface area contributed by atoms with Crippen LogP contribution in [0.4, 0.5) is 5.69 Å². The molecule has 142 valence electrons. The van der Waals surface area contributed by atoms with Crippen molar-refractivity contribution < 1.29 is 14.3 Å². The molecule has 1 saturated heterocycles. The summed E-state index contributed by atoms with van der Waals surface area (Å²) in [6.45, 7) is 3.52. The third-order valence-corrected chi connectivity index (χ3v) is 5.43. The van der Waals surface area contributed by atoms with E-state index in [0.717, 1.165) is 10.0 Å². The molecule has 0 spiro atoms. The molecule has 0 aromatic heterocycles. The number of carbonyl (C=O) groups excluding carboxylic acids is 2. The van der Waals surface area contributed by atoms with E-state index in [4.69, 9.17) is 4.74 Å². The zero-order valence-corrected chi connectivity index (χ0v) is 16.8. The summed E-state index contributed by atoms with van der Waals surface area (Å²) in [7, 11) is 0. The lowest BCUT2D eigenvalue weighted by atomic mass is 9.73. The van der Waals surface area contributed by atoms with E-state index in [1.807, 2.05) is 31.2 Å². The number of carbonyl (C=O) groups is 2. The first-order valence-electron chi connectivity index (χ1n) is 9.09. The van der Waals surface area contributed by atoms with Crippen LogP contribution in [0.5, 0.6) is 0 Å². The van der Waals surface area contributed by atoms with Crippen LogP contribution in [0, 0.1) is 0 Å². The fourth-order valence-electron chi connectivity index (χ4n) is 3.39. The fraction of sp³-hybridized carbons (Fsp3) is 0.333. The van der Waals surface area contributed by atoms with Gasteiger partial charge >= 0.3 is 0 Å². The van der Waals surface area contributed by atoms with Crippen LogP contribution in [-0.2, 0) is 14.9 Å². The second-order valence-corrected chi connectivity index (χ2v) is 7.51. The molecule has 0 unspecified atom stereocenters. The van der Waals surface area contributed by atoms with Crippen LogP contribution in [0.2, 0.25) is 0 Å². The van der Waals surface area contributed by atoms with E-state index in [0.29, 0.717) is 43.9 Å². The SMILES string of the molecule is CCNC(=O)c1cccc(NC(=O)C2(c3ccc(Br)cc3)CCOCC2)c1. The lowest BCUT2D eigenvalue weighted by molar-refractivity contribution is -0.125. The molecule has 0 aliphatic carbocycles. The summed E-state index contributed by atoms with van der Waals surface area (Å²) in [6.07, 6.45) is 1.24. The lowest BCUT2D eigenvalue weighted by Gasteiger charge is -2.36. The van der Waals surface area contributed by atoms with Crippen molar-refractivity contribution >= 4 is 33.4 Å². The van der Waals surface area contributed by atoms with Crippen LogP contribution in [0.1, 0.15) is 35.7 Å². The summed E-state index contributed by atoms with van der Waals surface area (Å²) < 4.78 is 6.48. The topological polar surface area (TPSA) is 67.4 Å². The van der Waals surface area contributed by atoms with E-state index in [1.165, 1.54) is 0 Å². The van der Waals surface area contributed by atoms with Gasteiger partial charge in [-0.05, 0) is 55.7 Å². The second-order valence-electron chi connectivity index (χ2n) is 6.60. The van der Waals surface area contributed by atoms with Crippen molar-refractivity contribution in [3.63, 3.8) is 0 Å². The molecular weight excluding hydrogens is 408 g/mol. The minimum absolute atomic E-state index is 0.0684. The van der Waals surface area contributed by atoms with Gasteiger partial charge in [0.15, 0.2) is 0 Å². The second kappa shape index (κ2) is 8.67. The van der Waals surface area contributed by atoms with Crippen LogP contribution >= 0.6 is 15.9 Å². The summed E-state index contributed by atoms with van der Waals surface area (Å²) in [5.41, 5.74) is 1.48. The van der Waals surface area contributed by atoms with Crippen molar-refractivity contribution in [1.82, 2.24) is 5.32 Å². The van der Waals surface area contributed by atoms with Gasteiger partial charge in [-0.3, -0.25) is 9.59 Å². The van der Waals surface area contributed by atoms with Gasteiger partial charge in [0.2, 0.25) is 5.91 Å². The Kier molecular flexibility index (Phi) is 6.29. The monoisotopic (exact) mass is 430 g/mol. The van der Waals surface area contributed by atoms with Gasteiger partial charge in [0.25, 0.3) is 5.91 Å². The number of anilines is 1. The zero-order valence-electron chi connectivity index (χ0n) is 15.3. The van der Waals surface area contributed by atoms with Crippen molar-refractivity contribution in [3.8, 4) is 0 Å². The van der Waals surface area contributed by atoms with Gasteiger partial charge in [0.05, 0.1) is 5.41 Å². The molecule has 1 aliphatic rings. The standard InChI is InChI=1S/C21H23BrN2O3/c1-2-23-19(25)15-4-3-5-18(14-15)24-20(26)21(10-12-27-13-11-21)16-6-8-17(22)9-7-16/h3-9,14H,2,10-13H2,1H3,(H,23,25)(H,24,26). The van der Waals surface area contributed by atoms with Gasteiger partial charge in [-0.25, -0.2) is 0 Å². The largest absolute Gasteiger partial charge is 0.381 e. The van der Waals surface area contributed by atoms with E-state index >= 15 is 0 Å². The summed E-state index contributed by atoms with van der Waals surface area (Å²) >= 11 is 3.45. The van der Waals surface area contributed by atoms with E-state index in [9.17, 15) is 9.59 Å². The quantitative estimate of drug-likeness (QED) is 0.755. The molecule has 1 aliphatic heterocycles. The number of nitrogens with one attached hydrogen (secondary N) is 2. The molecule has 1 heterocycles. The summed E-state index contributed by atoms with van der Waals surface area (Å²) in [5.74, 6) is -0.219. The summed E-state index contributed by atoms with van der Waals surface area (Å²) in [4.78, 5) is 25.4. The Labute approximate surface area is 167 Å². The highest BCUT2D eigenvalue weighted by molar-refractivity contribution is 9.10. The average molecular weight is 431 g/mol. The highest BCUT2D eigenvalue weighted by Gasteiger charge is 2.41. The molecule has 2 amide bonds. The number of ether oxygens (including phenoxy) is 1. The predicted octanol–water partition coefficient (Wildman–Crippen LogP) is 3.89. The van der Waals surface area contributed by atoms with E-state index < -0.39 is 5.41 Å². The Hall–Kier alpha value is -2.18. The average Bonchev–Trinajstić information content (AvgIpc) is 2.69. The Bertz CT molecular complexity index is 814. The summed E-state index contributed by atoms with van der Waals surface area (Å²) in [5, 5.41) is 5.79. The Morgan fingerprint density at radius 1 is 1.11 bits per heavy atom. The molecule has 0 atom stereocenters.